The number of carboxylic acids is 1. The Morgan fingerprint density at radius 3 is 2.34 bits per heavy atom. The molecule has 0 spiro atoms. The van der Waals surface area contributed by atoms with Gasteiger partial charge in [-0.2, -0.15) is 0 Å². The molecule has 7 heteroatoms. The van der Waals surface area contributed by atoms with Gasteiger partial charge in [0.2, 0.25) is 5.91 Å². The molecule has 7 nitrogen and oxygen atoms in total. The zero-order valence-electron chi connectivity index (χ0n) is 17.7. The summed E-state index contributed by atoms with van der Waals surface area (Å²) in [4.78, 5) is 37.2. The van der Waals surface area contributed by atoms with Gasteiger partial charge in [0.25, 0.3) is 0 Å². The van der Waals surface area contributed by atoms with Gasteiger partial charge in [-0.3, -0.25) is 4.79 Å². The van der Waals surface area contributed by atoms with Gasteiger partial charge in [0, 0.05) is 25.1 Å². The van der Waals surface area contributed by atoms with Crippen molar-refractivity contribution in [2.45, 2.75) is 31.2 Å². The van der Waals surface area contributed by atoms with E-state index in [0.717, 1.165) is 35.1 Å². The average molecular weight is 434 g/mol. The Hall–Kier alpha value is -3.61. The predicted octanol–water partition coefficient (Wildman–Crippen LogP) is 3.55. The van der Waals surface area contributed by atoms with Crippen LogP contribution in [-0.4, -0.2) is 53.7 Å². The highest BCUT2D eigenvalue weighted by Gasteiger charge is 2.31. The fourth-order valence-corrected chi connectivity index (χ4v) is 4.50. The Bertz CT molecular complexity index is 1000. The van der Waals surface area contributed by atoms with Crippen molar-refractivity contribution in [3.8, 4) is 11.1 Å². The second-order valence-corrected chi connectivity index (χ2v) is 7.99. The van der Waals surface area contributed by atoms with Gasteiger partial charge in [-0.1, -0.05) is 54.6 Å². The van der Waals surface area contributed by atoms with Crippen LogP contribution in [0, 0.1) is 0 Å². The third-order valence-corrected chi connectivity index (χ3v) is 6.04. The number of piperidine rings is 1. The molecule has 4 rings (SSSR count). The molecule has 2 aromatic rings. The normalized spacial score (nSPS) is 17.6. The van der Waals surface area contributed by atoms with E-state index in [9.17, 15) is 19.5 Å². The second-order valence-electron chi connectivity index (χ2n) is 7.99. The lowest BCUT2D eigenvalue weighted by Gasteiger charge is -2.32. The number of rotatable bonds is 6. The van der Waals surface area contributed by atoms with E-state index in [-0.39, 0.29) is 25.0 Å². The Labute approximate surface area is 186 Å². The summed E-state index contributed by atoms with van der Waals surface area (Å²) in [5, 5.41) is 11.9. The number of likely N-dealkylation sites (tertiary alicyclic amines) is 1. The minimum Gasteiger partial charge on any atom is -0.480 e. The molecule has 1 heterocycles. The number of benzene rings is 2. The predicted molar refractivity (Wildman–Crippen MR) is 119 cm³/mol. The number of hydrogen-bond donors (Lipinski definition) is 2. The molecule has 2 aromatic carbocycles. The fourth-order valence-electron chi connectivity index (χ4n) is 4.50. The first-order chi connectivity index (χ1) is 15.6. The van der Waals surface area contributed by atoms with E-state index in [1.165, 1.54) is 17.1 Å². The maximum absolute atomic E-state index is 12.3. The van der Waals surface area contributed by atoms with Gasteiger partial charge in [0.1, 0.15) is 12.6 Å². The number of aliphatic carboxylic acids is 1. The minimum absolute atomic E-state index is 0.0164. The number of carbonyl (C=O) groups is 3. The summed E-state index contributed by atoms with van der Waals surface area (Å²) in [5.74, 6) is -1.35. The van der Waals surface area contributed by atoms with Crippen LogP contribution in [0.3, 0.4) is 0 Å². The van der Waals surface area contributed by atoms with Crippen LogP contribution in [0.1, 0.15) is 36.3 Å². The molecule has 1 aliphatic heterocycles. The minimum atomic E-state index is -0.983. The lowest BCUT2D eigenvalue weighted by molar-refractivity contribution is -0.150. The topological polar surface area (TPSA) is 95.9 Å². The van der Waals surface area contributed by atoms with E-state index in [1.807, 2.05) is 24.3 Å². The zero-order chi connectivity index (χ0) is 22.5. The highest BCUT2D eigenvalue weighted by Crippen LogP contribution is 2.44. The Kier molecular flexibility index (Phi) is 6.54. The van der Waals surface area contributed by atoms with E-state index < -0.39 is 18.1 Å². The van der Waals surface area contributed by atoms with Crippen molar-refractivity contribution in [1.29, 1.82) is 0 Å². The largest absolute Gasteiger partial charge is 0.480 e. The number of carbonyl (C=O) groups excluding carboxylic acids is 2. The fraction of sp³-hybridized carbons (Fsp3) is 0.320. The summed E-state index contributed by atoms with van der Waals surface area (Å²) < 4.78 is 5.45. The lowest BCUT2D eigenvalue weighted by atomic mass is 9.98. The molecule has 0 aromatic heterocycles. The van der Waals surface area contributed by atoms with Crippen molar-refractivity contribution in [2.75, 3.05) is 19.7 Å². The smallest absolute Gasteiger partial charge is 0.407 e. The maximum atomic E-state index is 12.3. The van der Waals surface area contributed by atoms with Crippen molar-refractivity contribution in [3.63, 3.8) is 0 Å². The molecule has 2 amide bonds. The summed E-state index contributed by atoms with van der Waals surface area (Å²) in [6.45, 7) is 0.768. The standard InChI is InChI=1S/C25H26N2O5/c28-23(27-15-6-5-12-22(27)24(29)30)13-7-14-26-25(31)32-16-21-19-10-3-1-8-17(19)18-9-2-4-11-20(18)21/h1-4,7-11,13,21-22H,5-6,12,14-16H2,(H,26,31)(H,29,30)/b13-7+/t22-/m1/s1. The van der Waals surface area contributed by atoms with Crippen molar-refractivity contribution >= 4 is 18.0 Å². The Morgan fingerprint density at radius 1 is 1.03 bits per heavy atom. The average Bonchev–Trinajstić information content (AvgIpc) is 3.14. The number of amides is 2. The summed E-state index contributed by atoms with van der Waals surface area (Å²) in [5.41, 5.74) is 4.61. The zero-order valence-corrected chi connectivity index (χ0v) is 17.7. The highest BCUT2D eigenvalue weighted by atomic mass is 16.5. The van der Waals surface area contributed by atoms with Crippen LogP contribution in [0.4, 0.5) is 4.79 Å². The maximum Gasteiger partial charge on any atom is 0.407 e. The molecule has 32 heavy (non-hydrogen) atoms. The summed E-state index contributed by atoms with van der Waals surface area (Å²) >= 11 is 0. The van der Waals surface area contributed by atoms with E-state index in [1.54, 1.807) is 0 Å². The van der Waals surface area contributed by atoms with E-state index >= 15 is 0 Å². The molecule has 1 aliphatic carbocycles. The quantitative estimate of drug-likeness (QED) is 0.678. The van der Waals surface area contributed by atoms with Crippen molar-refractivity contribution < 1.29 is 24.2 Å². The number of ether oxygens (including phenoxy) is 1. The van der Waals surface area contributed by atoms with Gasteiger partial charge in [-0.15, -0.1) is 0 Å². The molecule has 2 aliphatic rings. The second kappa shape index (κ2) is 9.68. The van der Waals surface area contributed by atoms with Crippen LogP contribution in [0.2, 0.25) is 0 Å². The van der Waals surface area contributed by atoms with Crippen molar-refractivity contribution in [2.24, 2.45) is 0 Å². The molecule has 0 bridgehead atoms. The van der Waals surface area contributed by atoms with Gasteiger partial charge in [0.05, 0.1) is 0 Å². The van der Waals surface area contributed by atoms with E-state index in [2.05, 4.69) is 29.6 Å². The first-order valence-electron chi connectivity index (χ1n) is 10.8. The highest BCUT2D eigenvalue weighted by molar-refractivity contribution is 5.91. The number of nitrogens with one attached hydrogen (secondary N) is 1. The Morgan fingerprint density at radius 2 is 1.69 bits per heavy atom. The van der Waals surface area contributed by atoms with Crippen LogP contribution in [-0.2, 0) is 14.3 Å². The van der Waals surface area contributed by atoms with Crippen LogP contribution in [0.5, 0.6) is 0 Å². The summed E-state index contributed by atoms with van der Waals surface area (Å²) in [6.07, 6.45) is 4.31. The molecule has 0 unspecified atom stereocenters. The van der Waals surface area contributed by atoms with Crippen LogP contribution in [0.25, 0.3) is 11.1 Å². The SMILES string of the molecule is O=C(NC/C=C/C(=O)N1CCCC[C@@H]1C(=O)O)OCC1c2ccccc2-c2ccccc21. The molecule has 166 valence electrons. The van der Waals surface area contributed by atoms with Gasteiger partial charge in [-0.05, 0) is 41.5 Å². The molecule has 0 radical (unpaired) electrons. The molecular formula is C25H26N2O5. The molecule has 0 saturated carbocycles. The molecule has 1 atom stereocenters. The first-order valence-corrected chi connectivity index (χ1v) is 10.8. The van der Waals surface area contributed by atoms with Gasteiger partial charge in [0.15, 0.2) is 0 Å². The summed E-state index contributed by atoms with van der Waals surface area (Å²) in [7, 11) is 0. The molecular weight excluding hydrogens is 408 g/mol. The van der Waals surface area contributed by atoms with Gasteiger partial charge < -0.3 is 20.1 Å². The number of nitrogens with zero attached hydrogens (tertiary/aromatic N) is 1. The van der Waals surface area contributed by atoms with Gasteiger partial charge in [-0.25, -0.2) is 9.59 Å². The van der Waals surface area contributed by atoms with E-state index in [0.29, 0.717) is 13.0 Å². The lowest BCUT2D eigenvalue weighted by Crippen LogP contribution is -2.47. The third-order valence-electron chi connectivity index (χ3n) is 6.04. The van der Waals surface area contributed by atoms with Crippen LogP contribution in [0.15, 0.2) is 60.7 Å². The molecule has 1 fully saturated rings. The molecule has 2 N–H and O–H groups in total. The van der Waals surface area contributed by atoms with E-state index in [4.69, 9.17) is 4.74 Å². The third kappa shape index (κ3) is 4.51. The summed E-state index contributed by atoms with van der Waals surface area (Å²) in [6, 6.07) is 15.5. The van der Waals surface area contributed by atoms with Crippen molar-refractivity contribution in [1.82, 2.24) is 10.2 Å². The van der Waals surface area contributed by atoms with Gasteiger partial charge >= 0.3 is 12.1 Å². The number of carboxylic acid groups (broad SMARTS) is 1. The number of fused-ring (bicyclic) bond motifs is 3. The number of hydrogen-bond acceptors (Lipinski definition) is 4. The monoisotopic (exact) mass is 434 g/mol. The Balaban J connectivity index is 1.28. The van der Waals surface area contributed by atoms with Crippen LogP contribution < -0.4 is 5.32 Å². The first kappa shape index (κ1) is 21.6. The van der Waals surface area contributed by atoms with Crippen molar-refractivity contribution in [3.05, 3.63) is 71.8 Å². The number of alkyl carbamates (subject to hydrolysis) is 1. The van der Waals surface area contributed by atoms with Crippen LogP contribution >= 0.6 is 0 Å². The molecule has 1 saturated heterocycles.